The molecule has 1 aromatic heterocycles. The Morgan fingerprint density at radius 1 is 1.29 bits per heavy atom. The number of carbonyl (C=O) groups is 2. The molecule has 1 saturated carbocycles. The Labute approximate surface area is 206 Å². The van der Waals surface area contributed by atoms with Crippen molar-refractivity contribution in [2.75, 3.05) is 18.0 Å². The highest BCUT2D eigenvalue weighted by molar-refractivity contribution is 6.31. The Morgan fingerprint density at radius 2 is 2.06 bits per heavy atom. The van der Waals surface area contributed by atoms with Gasteiger partial charge in [0.05, 0.1) is 23.3 Å². The fraction of sp³-hybridized carbons (Fsp3) is 0.320. The van der Waals surface area contributed by atoms with Crippen LogP contribution in [0.2, 0.25) is 5.02 Å². The van der Waals surface area contributed by atoms with Gasteiger partial charge in [-0.3, -0.25) is 19.2 Å². The molecule has 1 aliphatic heterocycles. The topological polar surface area (TPSA) is 96.7 Å². The van der Waals surface area contributed by atoms with Gasteiger partial charge in [0.1, 0.15) is 24.7 Å². The third-order valence-electron chi connectivity index (χ3n) is 6.29. The molecule has 182 valence electrons. The molecule has 3 aromatic rings. The minimum Gasteiger partial charge on any atom is -0.488 e. The van der Waals surface area contributed by atoms with Crippen LogP contribution in [0, 0.1) is 5.82 Å². The zero-order chi connectivity index (χ0) is 24.7. The molecular formula is C25H24ClFN4O4. The highest BCUT2D eigenvalue weighted by Crippen LogP contribution is 2.42. The van der Waals surface area contributed by atoms with E-state index >= 15 is 0 Å². The number of aliphatic hydroxyl groups is 1. The van der Waals surface area contributed by atoms with Crippen LogP contribution in [0.4, 0.5) is 10.2 Å². The summed E-state index contributed by atoms with van der Waals surface area (Å²) in [7, 11) is 1.74. The molecule has 2 heterocycles. The largest absolute Gasteiger partial charge is 0.488 e. The van der Waals surface area contributed by atoms with Crippen molar-refractivity contribution in [1.29, 1.82) is 0 Å². The second-order valence-corrected chi connectivity index (χ2v) is 9.39. The summed E-state index contributed by atoms with van der Waals surface area (Å²) in [4.78, 5) is 27.4. The summed E-state index contributed by atoms with van der Waals surface area (Å²) in [6.07, 6.45) is 0.991. The maximum absolute atomic E-state index is 14.3. The summed E-state index contributed by atoms with van der Waals surface area (Å²) < 4.78 is 21.8. The standard InChI is InChI=1S/C25H24ClFN4O4/c1-30-23-17-11-16(26)6-7-20(17)35-13-18(23)24(29-30)31(12-21(32)28-14-25(34)8-9-25)22(33)10-15-4-2-3-5-19(15)27/h2-7,11,34H,8-10,12-14H2,1H3,(H,28,32). The van der Waals surface area contributed by atoms with Crippen LogP contribution in [0.25, 0.3) is 11.3 Å². The summed E-state index contributed by atoms with van der Waals surface area (Å²) in [6.45, 7) is -0.0936. The maximum atomic E-state index is 14.3. The van der Waals surface area contributed by atoms with Crippen molar-refractivity contribution in [3.8, 4) is 17.0 Å². The van der Waals surface area contributed by atoms with Crippen LogP contribution in [-0.2, 0) is 29.7 Å². The van der Waals surface area contributed by atoms with Gasteiger partial charge in [0.25, 0.3) is 0 Å². The van der Waals surface area contributed by atoms with Gasteiger partial charge in [-0.2, -0.15) is 5.10 Å². The Bertz CT molecular complexity index is 1320. The fourth-order valence-corrected chi connectivity index (χ4v) is 4.34. The number of nitrogens with zero attached hydrogens (tertiary/aromatic N) is 3. The molecule has 1 fully saturated rings. The summed E-state index contributed by atoms with van der Waals surface area (Å²) in [5.41, 5.74) is 1.41. The van der Waals surface area contributed by atoms with Gasteiger partial charge < -0.3 is 15.2 Å². The van der Waals surface area contributed by atoms with Gasteiger partial charge in [-0.05, 0) is 42.7 Å². The number of hydrogen-bond acceptors (Lipinski definition) is 5. The van der Waals surface area contributed by atoms with Gasteiger partial charge >= 0.3 is 0 Å². The van der Waals surface area contributed by atoms with Gasteiger partial charge in [-0.25, -0.2) is 4.39 Å². The molecule has 0 atom stereocenters. The van der Waals surface area contributed by atoms with Crippen LogP contribution in [0.15, 0.2) is 42.5 Å². The highest BCUT2D eigenvalue weighted by atomic mass is 35.5. The molecule has 5 rings (SSSR count). The molecule has 10 heteroatoms. The first-order valence-corrected chi connectivity index (χ1v) is 11.6. The van der Waals surface area contributed by atoms with Gasteiger partial charge in [-0.1, -0.05) is 29.8 Å². The molecule has 0 saturated heterocycles. The zero-order valence-corrected chi connectivity index (χ0v) is 19.8. The molecular weight excluding hydrogens is 475 g/mol. The number of carbonyl (C=O) groups excluding carboxylic acids is 2. The van der Waals surface area contributed by atoms with Crippen molar-refractivity contribution in [3.63, 3.8) is 0 Å². The molecule has 2 N–H and O–H groups in total. The molecule has 0 spiro atoms. The fourth-order valence-electron chi connectivity index (χ4n) is 4.17. The monoisotopic (exact) mass is 498 g/mol. The first-order valence-electron chi connectivity index (χ1n) is 11.3. The maximum Gasteiger partial charge on any atom is 0.240 e. The van der Waals surface area contributed by atoms with Gasteiger partial charge in [0.15, 0.2) is 5.82 Å². The van der Waals surface area contributed by atoms with Crippen molar-refractivity contribution < 1.29 is 23.8 Å². The quantitative estimate of drug-likeness (QED) is 0.522. The summed E-state index contributed by atoms with van der Waals surface area (Å²) >= 11 is 6.21. The van der Waals surface area contributed by atoms with E-state index in [0.29, 0.717) is 29.2 Å². The normalized spacial score (nSPS) is 15.0. The molecule has 0 bridgehead atoms. The predicted octanol–water partition coefficient (Wildman–Crippen LogP) is 2.99. The predicted molar refractivity (Wildman–Crippen MR) is 128 cm³/mol. The van der Waals surface area contributed by atoms with Crippen LogP contribution in [-0.4, -0.2) is 45.4 Å². The molecule has 0 unspecified atom stereocenters. The molecule has 2 aromatic carbocycles. The Morgan fingerprint density at radius 3 is 2.80 bits per heavy atom. The molecule has 8 nitrogen and oxygen atoms in total. The number of fused-ring (bicyclic) bond motifs is 3. The number of aromatic nitrogens is 2. The van der Waals surface area contributed by atoms with Crippen molar-refractivity contribution in [3.05, 3.63) is 64.4 Å². The minimum atomic E-state index is -0.876. The Balaban J connectivity index is 1.49. The molecule has 1 aliphatic carbocycles. The van der Waals surface area contributed by atoms with Gasteiger partial charge in [-0.15, -0.1) is 0 Å². The van der Waals surface area contributed by atoms with E-state index in [4.69, 9.17) is 16.3 Å². The van der Waals surface area contributed by atoms with Crippen LogP contribution in [0.1, 0.15) is 24.0 Å². The summed E-state index contributed by atoms with van der Waals surface area (Å²) in [5, 5.41) is 17.8. The average Bonchev–Trinajstić information content (AvgIpc) is 3.48. The number of rotatable bonds is 7. The zero-order valence-electron chi connectivity index (χ0n) is 19.1. The second kappa shape index (κ2) is 8.98. The van der Waals surface area contributed by atoms with Crippen LogP contribution in [0.3, 0.4) is 0 Å². The second-order valence-electron chi connectivity index (χ2n) is 8.95. The lowest BCUT2D eigenvalue weighted by Gasteiger charge is -2.24. The third-order valence-corrected chi connectivity index (χ3v) is 6.53. The molecule has 2 amide bonds. The van der Waals surface area contributed by atoms with E-state index in [0.717, 1.165) is 11.3 Å². The Kier molecular flexibility index (Phi) is 5.98. The molecule has 2 aliphatic rings. The highest BCUT2D eigenvalue weighted by Gasteiger charge is 2.40. The summed E-state index contributed by atoms with van der Waals surface area (Å²) in [6, 6.07) is 11.3. The van der Waals surface area contributed by atoms with Crippen molar-refractivity contribution >= 4 is 29.2 Å². The molecule has 0 radical (unpaired) electrons. The number of anilines is 1. The van der Waals surface area contributed by atoms with Crippen molar-refractivity contribution in [2.45, 2.75) is 31.5 Å². The number of nitrogens with one attached hydrogen (secondary N) is 1. The van der Waals surface area contributed by atoms with Crippen LogP contribution >= 0.6 is 11.6 Å². The lowest BCUT2D eigenvalue weighted by Crippen LogP contribution is -2.44. The third kappa shape index (κ3) is 4.74. The van der Waals surface area contributed by atoms with E-state index in [-0.39, 0.29) is 37.5 Å². The van der Waals surface area contributed by atoms with E-state index in [1.807, 2.05) is 0 Å². The van der Waals surface area contributed by atoms with Crippen molar-refractivity contribution in [1.82, 2.24) is 15.1 Å². The van der Waals surface area contributed by atoms with Crippen LogP contribution < -0.4 is 15.0 Å². The first kappa shape index (κ1) is 23.3. The number of aryl methyl sites for hydroxylation is 1. The number of halogens is 2. The smallest absolute Gasteiger partial charge is 0.240 e. The van der Waals surface area contributed by atoms with Crippen LogP contribution in [0.5, 0.6) is 5.75 Å². The average molecular weight is 499 g/mol. The number of amides is 2. The lowest BCUT2D eigenvalue weighted by atomic mass is 10.0. The summed E-state index contributed by atoms with van der Waals surface area (Å²) in [5.74, 6) is -0.554. The first-order chi connectivity index (χ1) is 16.7. The van der Waals surface area contributed by atoms with E-state index in [1.54, 1.807) is 42.1 Å². The molecule has 35 heavy (non-hydrogen) atoms. The Hall–Kier alpha value is -3.43. The van der Waals surface area contributed by atoms with Gasteiger partial charge in [0, 0.05) is 24.2 Å². The van der Waals surface area contributed by atoms with E-state index in [2.05, 4.69) is 10.4 Å². The minimum absolute atomic E-state index is 0.108. The number of hydrogen-bond donors (Lipinski definition) is 2. The van der Waals surface area contributed by atoms with E-state index in [1.165, 1.54) is 17.0 Å². The van der Waals surface area contributed by atoms with Gasteiger partial charge in [0.2, 0.25) is 11.8 Å². The SMILES string of the molecule is Cn1nc(N(CC(=O)NCC2(O)CC2)C(=O)Cc2ccccc2F)c2c1-c1cc(Cl)ccc1OC2. The number of benzene rings is 2. The van der Waals surface area contributed by atoms with E-state index < -0.39 is 23.2 Å². The van der Waals surface area contributed by atoms with E-state index in [9.17, 15) is 19.1 Å². The van der Waals surface area contributed by atoms with Crippen molar-refractivity contribution in [2.24, 2.45) is 7.05 Å². The lowest BCUT2D eigenvalue weighted by molar-refractivity contribution is -0.124. The number of ether oxygens (including phenoxy) is 1.